The van der Waals surface area contributed by atoms with Gasteiger partial charge in [0.15, 0.2) is 5.13 Å². The van der Waals surface area contributed by atoms with Crippen LogP contribution in [-0.2, 0) is 5.75 Å². The van der Waals surface area contributed by atoms with Gasteiger partial charge in [-0.3, -0.25) is 0 Å². The van der Waals surface area contributed by atoms with E-state index < -0.39 is 0 Å². The third-order valence-electron chi connectivity index (χ3n) is 1.65. The lowest BCUT2D eigenvalue weighted by Crippen LogP contribution is -2.01. The lowest BCUT2D eigenvalue weighted by atomic mass is 10.5. The third kappa shape index (κ3) is 3.86. The summed E-state index contributed by atoms with van der Waals surface area (Å²) in [4.78, 5) is 5.50. The average Bonchev–Trinajstić information content (AvgIpc) is 2.63. The second-order valence-electron chi connectivity index (χ2n) is 2.97. The molecule has 2 N–H and O–H groups in total. The van der Waals surface area contributed by atoms with E-state index in [1.165, 1.54) is 4.88 Å². The quantitative estimate of drug-likeness (QED) is 0.789. The van der Waals surface area contributed by atoms with E-state index >= 15 is 0 Å². The molecule has 0 fully saturated rings. The molecule has 0 aliphatic rings. The number of thiazole rings is 1. The van der Waals surface area contributed by atoms with Gasteiger partial charge in [0.25, 0.3) is 0 Å². The highest BCUT2D eigenvalue weighted by Gasteiger charge is 2.04. The van der Waals surface area contributed by atoms with Crippen molar-refractivity contribution >= 4 is 28.2 Å². The van der Waals surface area contributed by atoms with Crippen molar-refractivity contribution in [2.75, 3.05) is 18.5 Å². The molecule has 0 aromatic carbocycles. The van der Waals surface area contributed by atoms with Crippen LogP contribution in [0.3, 0.4) is 0 Å². The molecule has 0 radical (unpaired) electrons. The Hall–Kier alpha value is -0.260. The van der Waals surface area contributed by atoms with E-state index in [1.54, 1.807) is 23.1 Å². The Bertz CT molecular complexity index is 265. The molecule has 0 aliphatic carbocycles. The molecular formula is C9H16N2OS2. The molecule has 0 aliphatic heterocycles. The van der Waals surface area contributed by atoms with E-state index in [9.17, 15) is 0 Å². The molecule has 0 bridgehead atoms. The number of anilines is 1. The highest BCUT2D eigenvalue weighted by atomic mass is 32.2. The van der Waals surface area contributed by atoms with E-state index in [-0.39, 0.29) is 6.61 Å². The van der Waals surface area contributed by atoms with Gasteiger partial charge >= 0.3 is 0 Å². The Balaban J connectivity index is 2.35. The number of thioether (sulfide) groups is 1. The van der Waals surface area contributed by atoms with Crippen LogP contribution in [0.2, 0.25) is 0 Å². The van der Waals surface area contributed by atoms with Gasteiger partial charge in [-0.15, -0.1) is 11.3 Å². The molecule has 1 atom stereocenters. The molecule has 0 spiro atoms. The lowest BCUT2D eigenvalue weighted by Gasteiger charge is -2.04. The zero-order valence-corrected chi connectivity index (χ0v) is 10.1. The number of aliphatic hydroxyl groups is 1. The summed E-state index contributed by atoms with van der Waals surface area (Å²) in [5, 5.41) is 13.3. The first-order valence-corrected chi connectivity index (χ1v) is 6.53. The molecular weight excluding hydrogens is 216 g/mol. The normalized spacial score (nSPS) is 12.8. The SMILES string of the molecule is CCNc1ncc(CSC(C)CO)s1. The minimum atomic E-state index is 0.240. The maximum Gasteiger partial charge on any atom is 0.182 e. The van der Waals surface area contributed by atoms with Gasteiger partial charge in [-0.05, 0) is 6.92 Å². The Morgan fingerprint density at radius 2 is 2.50 bits per heavy atom. The highest BCUT2D eigenvalue weighted by molar-refractivity contribution is 7.99. The molecule has 1 heterocycles. The molecule has 0 amide bonds. The number of aromatic nitrogens is 1. The fourth-order valence-electron chi connectivity index (χ4n) is 0.884. The van der Waals surface area contributed by atoms with E-state index in [4.69, 9.17) is 5.11 Å². The van der Waals surface area contributed by atoms with Crippen LogP contribution >= 0.6 is 23.1 Å². The molecule has 1 rings (SSSR count). The van der Waals surface area contributed by atoms with Gasteiger partial charge in [0.2, 0.25) is 0 Å². The average molecular weight is 232 g/mol. The maximum atomic E-state index is 8.86. The third-order valence-corrected chi connectivity index (χ3v) is 3.98. The van der Waals surface area contributed by atoms with Crippen LogP contribution in [0, 0.1) is 0 Å². The number of nitrogens with zero attached hydrogens (tertiary/aromatic N) is 1. The van der Waals surface area contributed by atoms with Crippen molar-refractivity contribution in [2.24, 2.45) is 0 Å². The zero-order valence-electron chi connectivity index (χ0n) is 8.49. The minimum absolute atomic E-state index is 0.240. The van der Waals surface area contributed by atoms with Crippen molar-refractivity contribution in [1.29, 1.82) is 0 Å². The van der Waals surface area contributed by atoms with Crippen molar-refractivity contribution in [3.05, 3.63) is 11.1 Å². The maximum absolute atomic E-state index is 8.86. The predicted molar refractivity (Wildman–Crippen MR) is 64.1 cm³/mol. The van der Waals surface area contributed by atoms with Crippen LogP contribution in [0.15, 0.2) is 6.20 Å². The molecule has 1 aromatic heterocycles. The van der Waals surface area contributed by atoms with Crippen LogP contribution in [0.4, 0.5) is 5.13 Å². The molecule has 3 nitrogen and oxygen atoms in total. The summed E-state index contributed by atoms with van der Waals surface area (Å²) in [7, 11) is 0. The number of nitrogens with one attached hydrogen (secondary N) is 1. The standard InChI is InChI=1S/C9H16N2OS2/c1-3-10-9-11-4-8(14-9)6-13-7(2)5-12/h4,7,12H,3,5-6H2,1-2H3,(H,10,11). The highest BCUT2D eigenvalue weighted by Crippen LogP contribution is 2.24. The van der Waals surface area contributed by atoms with Gasteiger partial charge in [0.1, 0.15) is 0 Å². The molecule has 1 unspecified atom stereocenters. The van der Waals surface area contributed by atoms with Crippen LogP contribution in [-0.4, -0.2) is 28.5 Å². The smallest absolute Gasteiger partial charge is 0.182 e. The van der Waals surface area contributed by atoms with Gasteiger partial charge in [-0.2, -0.15) is 11.8 Å². The molecule has 1 aromatic rings. The largest absolute Gasteiger partial charge is 0.395 e. The first kappa shape index (κ1) is 11.8. The topological polar surface area (TPSA) is 45.2 Å². The predicted octanol–water partition coefficient (Wildman–Crippen LogP) is 2.19. The zero-order chi connectivity index (χ0) is 10.4. The molecule has 5 heteroatoms. The Labute approximate surface area is 92.9 Å². The van der Waals surface area contributed by atoms with Gasteiger partial charge < -0.3 is 10.4 Å². The van der Waals surface area contributed by atoms with Gasteiger partial charge in [0.05, 0.1) is 6.61 Å². The molecule has 0 saturated carbocycles. The Kier molecular flexibility index (Phi) is 5.29. The number of rotatable bonds is 6. The number of aliphatic hydroxyl groups excluding tert-OH is 1. The fraction of sp³-hybridized carbons (Fsp3) is 0.667. The summed E-state index contributed by atoms with van der Waals surface area (Å²) in [5.74, 6) is 0.935. The van der Waals surface area contributed by atoms with Crippen LogP contribution in [0.5, 0.6) is 0 Å². The number of hydrogen-bond donors (Lipinski definition) is 2. The fourth-order valence-corrected chi connectivity index (χ4v) is 2.63. The summed E-state index contributed by atoms with van der Waals surface area (Å²) in [5.41, 5.74) is 0. The van der Waals surface area contributed by atoms with Crippen LogP contribution in [0.1, 0.15) is 18.7 Å². The second kappa shape index (κ2) is 6.27. The van der Waals surface area contributed by atoms with Crippen molar-refractivity contribution in [3.8, 4) is 0 Å². The first-order valence-electron chi connectivity index (χ1n) is 4.67. The monoisotopic (exact) mass is 232 g/mol. The second-order valence-corrected chi connectivity index (χ2v) is 5.51. The summed E-state index contributed by atoms with van der Waals surface area (Å²) in [6.07, 6.45) is 1.90. The van der Waals surface area contributed by atoms with E-state index in [0.29, 0.717) is 5.25 Å². The Morgan fingerprint density at radius 3 is 3.14 bits per heavy atom. The van der Waals surface area contributed by atoms with E-state index in [2.05, 4.69) is 17.2 Å². The van der Waals surface area contributed by atoms with Gasteiger partial charge in [-0.1, -0.05) is 6.92 Å². The minimum Gasteiger partial charge on any atom is -0.395 e. The van der Waals surface area contributed by atoms with Crippen molar-refractivity contribution in [2.45, 2.75) is 24.9 Å². The van der Waals surface area contributed by atoms with Crippen molar-refractivity contribution < 1.29 is 5.11 Å². The summed E-state index contributed by atoms with van der Waals surface area (Å²) < 4.78 is 0. The molecule has 14 heavy (non-hydrogen) atoms. The van der Waals surface area contributed by atoms with Gasteiger partial charge in [0, 0.05) is 28.6 Å². The summed E-state index contributed by atoms with van der Waals surface area (Å²) in [6.45, 7) is 5.23. The van der Waals surface area contributed by atoms with Crippen LogP contribution < -0.4 is 5.32 Å². The van der Waals surface area contributed by atoms with Crippen molar-refractivity contribution in [1.82, 2.24) is 4.98 Å². The van der Waals surface area contributed by atoms with Crippen molar-refractivity contribution in [3.63, 3.8) is 0 Å². The lowest BCUT2D eigenvalue weighted by molar-refractivity contribution is 0.300. The number of hydrogen-bond acceptors (Lipinski definition) is 5. The first-order chi connectivity index (χ1) is 6.76. The van der Waals surface area contributed by atoms with Gasteiger partial charge in [-0.25, -0.2) is 4.98 Å². The molecule has 80 valence electrons. The molecule has 0 saturated heterocycles. The Morgan fingerprint density at radius 1 is 1.71 bits per heavy atom. The van der Waals surface area contributed by atoms with E-state index in [0.717, 1.165) is 17.4 Å². The summed E-state index contributed by atoms with van der Waals surface area (Å²) in [6, 6.07) is 0. The van der Waals surface area contributed by atoms with Crippen LogP contribution in [0.25, 0.3) is 0 Å². The van der Waals surface area contributed by atoms with E-state index in [1.807, 2.05) is 13.1 Å². The summed E-state index contributed by atoms with van der Waals surface area (Å²) >= 11 is 3.44.